The molecule has 6 heteroatoms. The molecule has 1 aliphatic heterocycles. The number of carbonyl (C=O) groups is 2. The number of hydrogen-bond donors (Lipinski definition) is 2. The van der Waals surface area contributed by atoms with Gasteiger partial charge in [-0.2, -0.15) is 0 Å². The minimum atomic E-state index is -0.797. The number of hydrogen-bond acceptors (Lipinski definition) is 4. The van der Waals surface area contributed by atoms with Crippen molar-refractivity contribution >= 4 is 11.8 Å². The van der Waals surface area contributed by atoms with E-state index in [0.717, 1.165) is 24.0 Å². The highest BCUT2D eigenvalue weighted by Gasteiger charge is 2.53. The highest BCUT2D eigenvalue weighted by molar-refractivity contribution is 6.00. The fraction of sp³-hybridized carbons (Fsp3) is 0.421. The number of aromatic nitrogens is 1. The van der Waals surface area contributed by atoms with Crippen LogP contribution in [0.2, 0.25) is 0 Å². The standard InChI is InChI=1S/C19H21N3O3/c1-21-17(23)14-8-19(18(20)24,12-4-5-12)7-13-15(10-25-16(13)14)11-3-2-6-22-9-11/h2-3,6,8-9,12,15H,4-5,7,10H2,1H3,(H2,20,24)(H,21,23). The Balaban J connectivity index is 1.82. The predicted octanol–water partition coefficient (Wildman–Crippen LogP) is 1.41. The molecule has 6 nitrogen and oxygen atoms in total. The van der Waals surface area contributed by atoms with E-state index in [1.807, 2.05) is 18.3 Å². The molecule has 0 saturated heterocycles. The lowest BCUT2D eigenvalue weighted by molar-refractivity contribution is -0.126. The number of rotatable bonds is 4. The molecule has 2 atom stereocenters. The van der Waals surface area contributed by atoms with Crippen LogP contribution in [0.15, 0.2) is 47.5 Å². The van der Waals surface area contributed by atoms with Crippen LogP contribution < -0.4 is 11.1 Å². The molecule has 130 valence electrons. The van der Waals surface area contributed by atoms with Crippen molar-refractivity contribution in [3.8, 4) is 0 Å². The molecular formula is C19H21N3O3. The van der Waals surface area contributed by atoms with Gasteiger partial charge in [0.2, 0.25) is 5.91 Å². The maximum absolute atomic E-state index is 12.4. The first-order chi connectivity index (χ1) is 12.1. The quantitative estimate of drug-likeness (QED) is 0.867. The summed E-state index contributed by atoms with van der Waals surface area (Å²) in [6.07, 6.45) is 7.73. The lowest BCUT2D eigenvalue weighted by atomic mass is 9.69. The molecule has 0 radical (unpaired) electrons. The van der Waals surface area contributed by atoms with Gasteiger partial charge in [-0.1, -0.05) is 12.1 Å². The van der Waals surface area contributed by atoms with Crippen molar-refractivity contribution in [3.05, 3.63) is 53.1 Å². The Morgan fingerprint density at radius 2 is 2.20 bits per heavy atom. The maximum atomic E-state index is 12.4. The molecule has 0 bridgehead atoms. The predicted molar refractivity (Wildman–Crippen MR) is 91.1 cm³/mol. The highest BCUT2D eigenvalue weighted by Crippen LogP contribution is 2.56. The zero-order valence-electron chi connectivity index (χ0n) is 14.1. The van der Waals surface area contributed by atoms with Crippen LogP contribution in [-0.4, -0.2) is 30.5 Å². The van der Waals surface area contributed by atoms with E-state index in [1.54, 1.807) is 19.3 Å². The number of nitrogens with one attached hydrogen (secondary N) is 1. The summed E-state index contributed by atoms with van der Waals surface area (Å²) in [5.74, 6) is 0.194. The van der Waals surface area contributed by atoms with E-state index in [9.17, 15) is 9.59 Å². The number of primary amides is 1. The number of carbonyl (C=O) groups excluding carboxylic acids is 2. The van der Waals surface area contributed by atoms with Gasteiger partial charge >= 0.3 is 0 Å². The van der Waals surface area contributed by atoms with E-state index in [2.05, 4.69) is 10.3 Å². The van der Waals surface area contributed by atoms with Crippen LogP contribution in [0.3, 0.4) is 0 Å². The summed E-state index contributed by atoms with van der Waals surface area (Å²) in [6.45, 7) is 0.449. The van der Waals surface area contributed by atoms with Crippen molar-refractivity contribution in [1.29, 1.82) is 0 Å². The molecule has 3 aliphatic rings. The second-order valence-corrected chi connectivity index (χ2v) is 7.00. The van der Waals surface area contributed by atoms with Gasteiger partial charge in [0.1, 0.15) is 5.76 Å². The topological polar surface area (TPSA) is 94.3 Å². The number of nitrogens with zero attached hydrogens (tertiary/aromatic N) is 1. The third-order valence-corrected chi connectivity index (χ3v) is 5.56. The van der Waals surface area contributed by atoms with Crippen LogP contribution in [0.4, 0.5) is 0 Å². The average molecular weight is 339 g/mol. The summed E-state index contributed by atoms with van der Waals surface area (Å²) in [4.78, 5) is 29.1. The fourth-order valence-corrected chi connectivity index (χ4v) is 4.06. The van der Waals surface area contributed by atoms with Gasteiger partial charge in [0.25, 0.3) is 5.91 Å². The van der Waals surface area contributed by atoms with Gasteiger partial charge in [0, 0.05) is 25.4 Å². The van der Waals surface area contributed by atoms with Crippen molar-refractivity contribution in [3.63, 3.8) is 0 Å². The summed E-state index contributed by atoms with van der Waals surface area (Å²) in [6, 6.07) is 3.88. The van der Waals surface area contributed by atoms with Crippen LogP contribution in [0, 0.1) is 11.3 Å². The summed E-state index contributed by atoms with van der Waals surface area (Å²) in [5, 5.41) is 2.65. The minimum Gasteiger partial charge on any atom is -0.492 e. The Morgan fingerprint density at radius 1 is 1.40 bits per heavy atom. The molecule has 4 rings (SSSR count). The highest BCUT2D eigenvalue weighted by atomic mass is 16.5. The normalized spacial score (nSPS) is 28.0. The van der Waals surface area contributed by atoms with Crippen LogP contribution in [0.5, 0.6) is 0 Å². The number of likely N-dealkylation sites (N-methyl/N-ethyl adjacent to an activating group) is 1. The van der Waals surface area contributed by atoms with E-state index >= 15 is 0 Å². The summed E-state index contributed by atoms with van der Waals surface area (Å²) in [7, 11) is 1.58. The van der Waals surface area contributed by atoms with Gasteiger partial charge in [0.15, 0.2) is 0 Å². The third kappa shape index (κ3) is 2.44. The van der Waals surface area contributed by atoms with Gasteiger partial charge in [-0.3, -0.25) is 14.6 Å². The van der Waals surface area contributed by atoms with E-state index < -0.39 is 5.41 Å². The van der Waals surface area contributed by atoms with Crippen molar-refractivity contribution in [2.24, 2.45) is 17.1 Å². The van der Waals surface area contributed by atoms with Crippen LogP contribution in [-0.2, 0) is 14.3 Å². The van der Waals surface area contributed by atoms with Crippen LogP contribution in [0.25, 0.3) is 0 Å². The van der Waals surface area contributed by atoms with Gasteiger partial charge in [-0.05, 0) is 42.4 Å². The average Bonchev–Trinajstić information content (AvgIpc) is 3.41. The Bertz CT molecular complexity index is 795. The molecule has 1 aromatic rings. The Morgan fingerprint density at radius 3 is 2.80 bits per heavy atom. The van der Waals surface area contributed by atoms with Crippen molar-refractivity contribution in [1.82, 2.24) is 10.3 Å². The first-order valence-corrected chi connectivity index (χ1v) is 8.58. The Kier molecular flexibility index (Phi) is 3.63. The molecule has 1 fully saturated rings. The Hall–Kier alpha value is -2.63. The zero-order chi connectivity index (χ0) is 17.6. The lowest BCUT2D eigenvalue weighted by Crippen LogP contribution is -2.41. The molecule has 2 heterocycles. The van der Waals surface area contributed by atoms with Gasteiger partial charge in [-0.25, -0.2) is 0 Å². The maximum Gasteiger partial charge on any atom is 0.254 e. The minimum absolute atomic E-state index is 0.00506. The second kappa shape index (κ2) is 5.72. The molecule has 0 spiro atoms. The molecule has 3 N–H and O–H groups in total. The number of nitrogens with two attached hydrogens (primary N) is 1. The summed E-state index contributed by atoms with van der Waals surface area (Å²) >= 11 is 0. The SMILES string of the molecule is CNC(=O)C1=CC(C(N)=O)(C2CC2)CC2=C1OCC2c1cccnc1. The molecule has 2 unspecified atom stereocenters. The third-order valence-electron chi connectivity index (χ3n) is 5.56. The van der Waals surface area contributed by atoms with Gasteiger partial charge in [-0.15, -0.1) is 0 Å². The van der Waals surface area contributed by atoms with E-state index in [4.69, 9.17) is 10.5 Å². The molecule has 1 saturated carbocycles. The van der Waals surface area contributed by atoms with E-state index in [-0.39, 0.29) is 23.7 Å². The first-order valence-electron chi connectivity index (χ1n) is 8.58. The summed E-state index contributed by atoms with van der Waals surface area (Å²) in [5.41, 5.74) is 7.47. The Labute approximate surface area is 146 Å². The monoisotopic (exact) mass is 339 g/mol. The molecule has 25 heavy (non-hydrogen) atoms. The number of amides is 2. The molecule has 1 aromatic heterocycles. The first kappa shape index (κ1) is 15.9. The van der Waals surface area contributed by atoms with E-state index in [0.29, 0.717) is 24.4 Å². The van der Waals surface area contributed by atoms with Gasteiger partial charge < -0.3 is 15.8 Å². The molecule has 2 aliphatic carbocycles. The van der Waals surface area contributed by atoms with Crippen molar-refractivity contribution < 1.29 is 14.3 Å². The molecule has 0 aromatic carbocycles. The number of pyridine rings is 1. The largest absolute Gasteiger partial charge is 0.492 e. The second-order valence-electron chi connectivity index (χ2n) is 7.00. The smallest absolute Gasteiger partial charge is 0.254 e. The van der Waals surface area contributed by atoms with E-state index in [1.165, 1.54) is 0 Å². The molecule has 2 amide bonds. The lowest BCUT2D eigenvalue weighted by Gasteiger charge is -2.33. The fourth-order valence-electron chi connectivity index (χ4n) is 4.06. The number of ether oxygens (including phenoxy) is 1. The molecular weight excluding hydrogens is 318 g/mol. The van der Waals surface area contributed by atoms with Gasteiger partial charge in [0.05, 0.1) is 17.6 Å². The van der Waals surface area contributed by atoms with Crippen LogP contribution >= 0.6 is 0 Å². The van der Waals surface area contributed by atoms with Crippen molar-refractivity contribution in [2.75, 3.05) is 13.7 Å². The van der Waals surface area contributed by atoms with Crippen LogP contribution in [0.1, 0.15) is 30.7 Å². The van der Waals surface area contributed by atoms with Crippen molar-refractivity contribution in [2.45, 2.75) is 25.2 Å². The zero-order valence-corrected chi connectivity index (χ0v) is 14.1. The summed E-state index contributed by atoms with van der Waals surface area (Å²) < 4.78 is 5.90.